The van der Waals surface area contributed by atoms with Gasteiger partial charge in [-0.15, -0.1) is 6.58 Å². The molecule has 0 spiro atoms. The Kier molecular flexibility index (Phi) is 2.60. The SMILES string of the molecule is C=CCCC[C@@H]1C[C@H]1N=O. The summed E-state index contributed by atoms with van der Waals surface area (Å²) in [7, 11) is 0. The van der Waals surface area contributed by atoms with Gasteiger partial charge in [0, 0.05) is 0 Å². The fourth-order valence-electron chi connectivity index (χ4n) is 1.20. The molecule has 10 heavy (non-hydrogen) atoms. The zero-order chi connectivity index (χ0) is 7.40. The number of hydrogen-bond donors (Lipinski definition) is 0. The lowest BCUT2D eigenvalue weighted by Gasteiger charge is -1.91. The van der Waals surface area contributed by atoms with Crippen molar-refractivity contribution in [3.05, 3.63) is 17.6 Å². The molecule has 0 aromatic carbocycles. The normalized spacial score (nSPS) is 29.6. The summed E-state index contributed by atoms with van der Waals surface area (Å²) >= 11 is 0. The van der Waals surface area contributed by atoms with Gasteiger partial charge in [0.25, 0.3) is 0 Å². The van der Waals surface area contributed by atoms with Gasteiger partial charge < -0.3 is 0 Å². The van der Waals surface area contributed by atoms with Crippen molar-refractivity contribution in [2.45, 2.75) is 31.7 Å². The summed E-state index contributed by atoms with van der Waals surface area (Å²) in [6, 6.07) is 0.157. The van der Waals surface area contributed by atoms with Crippen molar-refractivity contribution >= 4 is 0 Å². The van der Waals surface area contributed by atoms with Crippen LogP contribution in [0.3, 0.4) is 0 Å². The topological polar surface area (TPSA) is 29.4 Å². The molecule has 0 saturated heterocycles. The summed E-state index contributed by atoms with van der Waals surface area (Å²) < 4.78 is 0. The van der Waals surface area contributed by atoms with E-state index in [0.29, 0.717) is 5.92 Å². The van der Waals surface area contributed by atoms with E-state index in [2.05, 4.69) is 11.8 Å². The molecule has 1 aliphatic rings. The molecule has 0 N–H and O–H groups in total. The maximum atomic E-state index is 9.94. The second-order valence-corrected chi connectivity index (χ2v) is 2.89. The zero-order valence-electron chi connectivity index (χ0n) is 6.12. The maximum absolute atomic E-state index is 9.94. The third-order valence-corrected chi connectivity index (χ3v) is 2.00. The minimum Gasteiger partial charge on any atom is -0.151 e. The van der Waals surface area contributed by atoms with E-state index in [1.54, 1.807) is 0 Å². The minimum atomic E-state index is 0.157. The Labute approximate surface area is 61.3 Å². The molecule has 56 valence electrons. The summed E-state index contributed by atoms with van der Waals surface area (Å²) in [6.45, 7) is 3.63. The highest BCUT2D eigenvalue weighted by Gasteiger charge is 2.37. The molecule has 2 atom stereocenters. The first-order chi connectivity index (χ1) is 4.88. The van der Waals surface area contributed by atoms with Crippen molar-refractivity contribution in [3.63, 3.8) is 0 Å². The fraction of sp³-hybridized carbons (Fsp3) is 0.750. The lowest BCUT2D eigenvalue weighted by molar-refractivity contribution is 0.655. The summed E-state index contributed by atoms with van der Waals surface area (Å²) in [4.78, 5) is 9.94. The third-order valence-electron chi connectivity index (χ3n) is 2.00. The van der Waals surface area contributed by atoms with Crippen LogP contribution in [-0.4, -0.2) is 6.04 Å². The predicted octanol–water partition coefficient (Wildman–Crippen LogP) is 2.50. The Balaban J connectivity index is 1.96. The number of nitrogens with zero attached hydrogens (tertiary/aromatic N) is 1. The van der Waals surface area contributed by atoms with E-state index >= 15 is 0 Å². The van der Waals surface area contributed by atoms with Crippen LogP contribution in [-0.2, 0) is 0 Å². The van der Waals surface area contributed by atoms with E-state index < -0.39 is 0 Å². The van der Waals surface area contributed by atoms with Gasteiger partial charge in [0.15, 0.2) is 0 Å². The number of nitroso groups, excluding NO2 is 1. The first-order valence-electron chi connectivity index (χ1n) is 3.82. The molecule has 1 aliphatic carbocycles. The second-order valence-electron chi connectivity index (χ2n) is 2.89. The van der Waals surface area contributed by atoms with E-state index in [9.17, 15) is 4.91 Å². The standard InChI is InChI=1S/C8H13NO/c1-2-3-4-5-7-6-8(7)9-10/h2,7-8H,1,3-6H2/t7-,8-/m1/s1. The lowest BCUT2D eigenvalue weighted by atomic mass is 10.2. The molecule has 1 saturated carbocycles. The molecule has 0 amide bonds. The maximum Gasteiger partial charge on any atom is 0.0952 e. The van der Waals surface area contributed by atoms with Crippen molar-refractivity contribution in [3.8, 4) is 0 Å². The molecular formula is C8H13NO. The number of rotatable bonds is 5. The van der Waals surface area contributed by atoms with Crippen molar-refractivity contribution < 1.29 is 0 Å². The molecule has 0 aliphatic heterocycles. The van der Waals surface area contributed by atoms with Crippen LogP contribution >= 0.6 is 0 Å². The van der Waals surface area contributed by atoms with Crippen molar-refractivity contribution in [1.29, 1.82) is 0 Å². The monoisotopic (exact) mass is 139 g/mol. The van der Waals surface area contributed by atoms with Crippen LogP contribution < -0.4 is 0 Å². The highest BCUT2D eigenvalue weighted by Crippen LogP contribution is 2.37. The zero-order valence-corrected chi connectivity index (χ0v) is 6.12. The molecule has 0 radical (unpaired) electrons. The molecule has 2 nitrogen and oxygen atoms in total. The minimum absolute atomic E-state index is 0.157. The van der Waals surface area contributed by atoms with Gasteiger partial charge in [0.2, 0.25) is 0 Å². The van der Waals surface area contributed by atoms with Crippen LogP contribution in [0.25, 0.3) is 0 Å². The van der Waals surface area contributed by atoms with Crippen LogP contribution in [0.1, 0.15) is 25.7 Å². The third kappa shape index (κ3) is 1.94. The van der Waals surface area contributed by atoms with Crippen LogP contribution in [0.4, 0.5) is 0 Å². The molecule has 1 fully saturated rings. The first kappa shape index (κ1) is 7.45. The highest BCUT2D eigenvalue weighted by atomic mass is 16.3. The average Bonchev–Trinajstić information content (AvgIpc) is 2.68. The molecule has 2 heteroatoms. The van der Waals surface area contributed by atoms with Crippen LogP contribution in [0, 0.1) is 10.8 Å². The lowest BCUT2D eigenvalue weighted by Crippen LogP contribution is -1.82. The van der Waals surface area contributed by atoms with Gasteiger partial charge in [0.1, 0.15) is 0 Å². The summed E-state index contributed by atoms with van der Waals surface area (Å²) in [5.74, 6) is 0.609. The molecular weight excluding hydrogens is 126 g/mol. The van der Waals surface area contributed by atoms with E-state index in [1.807, 2.05) is 6.08 Å². The summed E-state index contributed by atoms with van der Waals surface area (Å²) in [6.07, 6.45) is 6.34. The largest absolute Gasteiger partial charge is 0.151 e. The quantitative estimate of drug-likeness (QED) is 0.327. The molecule has 0 bridgehead atoms. The predicted molar refractivity (Wildman–Crippen MR) is 41.7 cm³/mol. The molecule has 1 rings (SSSR count). The molecule has 0 heterocycles. The van der Waals surface area contributed by atoms with E-state index in [1.165, 1.54) is 6.42 Å². The summed E-state index contributed by atoms with van der Waals surface area (Å²) in [5, 5.41) is 2.98. The van der Waals surface area contributed by atoms with Gasteiger partial charge in [-0.3, -0.25) is 0 Å². The van der Waals surface area contributed by atoms with E-state index in [-0.39, 0.29) is 6.04 Å². The van der Waals surface area contributed by atoms with E-state index in [0.717, 1.165) is 19.3 Å². The Morgan fingerprint density at radius 1 is 1.70 bits per heavy atom. The van der Waals surface area contributed by atoms with Crippen molar-refractivity contribution in [2.75, 3.05) is 0 Å². The Bertz CT molecular complexity index is 133. The smallest absolute Gasteiger partial charge is 0.0952 e. The summed E-state index contributed by atoms with van der Waals surface area (Å²) in [5.41, 5.74) is 0. The van der Waals surface area contributed by atoms with Crippen LogP contribution in [0.15, 0.2) is 17.8 Å². The van der Waals surface area contributed by atoms with Crippen LogP contribution in [0.2, 0.25) is 0 Å². The molecule has 0 unspecified atom stereocenters. The number of hydrogen-bond acceptors (Lipinski definition) is 2. The van der Waals surface area contributed by atoms with Crippen LogP contribution in [0.5, 0.6) is 0 Å². The first-order valence-corrected chi connectivity index (χ1v) is 3.82. The fourth-order valence-corrected chi connectivity index (χ4v) is 1.20. The number of allylic oxidation sites excluding steroid dienone is 1. The number of unbranched alkanes of at least 4 members (excludes halogenated alkanes) is 1. The Morgan fingerprint density at radius 2 is 2.50 bits per heavy atom. The van der Waals surface area contributed by atoms with Crippen molar-refractivity contribution in [2.24, 2.45) is 11.1 Å². The Hall–Kier alpha value is -0.660. The van der Waals surface area contributed by atoms with Gasteiger partial charge >= 0.3 is 0 Å². The van der Waals surface area contributed by atoms with Gasteiger partial charge in [-0.2, -0.15) is 4.91 Å². The molecule has 0 aromatic rings. The molecule has 0 aromatic heterocycles. The average molecular weight is 139 g/mol. The van der Waals surface area contributed by atoms with Gasteiger partial charge in [-0.05, 0) is 31.6 Å². The van der Waals surface area contributed by atoms with E-state index in [4.69, 9.17) is 0 Å². The van der Waals surface area contributed by atoms with Gasteiger partial charge in [-0.25, -0.2) is 0 Å². The van der Waals surface area contributed by atoms with Gasteiger partial charge in [0.05, 0.1) is 6.04 Å². The van der Waals surface area contributed by atoms with Crippen molar-refractivity contribution in [1.82, 2.24) is 0 Å². The van der Waals surface area contributed by atoms with Gasteiger partial charge in [-0.1, -0.05) is 11.3 Å². The second kappa shape index (κ2) is 3.49. The Morgan fingerprint density at radius 3 is 3.00 bits per heavy atom. The highest BCUT2D eigenvalue weighted by molar-refractivity contribution is 4.92.